The van der Waals surface area contributed by atoms with Crippen LogP contribution in [0, 0.1) is 0 Å². The van der Waals surface area contributed by atoms with Crippen molar-refractivity contribution in [1.29, 1.82) is 0 Å². The molecule has 1 aliphatic carbocycles. The summed E-state index contributed by atoms with van der Waals surface area (Å²) in [6, 6.07) is 0. The van der Waals surface area contributed by atoms with Gasteiger partial charge >= 0.3 is 0 Å². The first kappa shape index (κ1) is 13.7. The van der Waals surface area contributed by atoms with E-state index in [1.807, 2.05) is 0 Å². The van der Waals surface area contributed by atoms with Gasteiger partial charge in [0.05, 0.1) is 10.3 Å². The van der Waals surface area contributed by atoms with Crippen LogP contribution in [0.3, 0.4) is 0 Å². The van der Waals surface area contributed by atoms with Gasteiger partial charge in [-0.25, -0.2) is 13.1 Å². The topological polar surface area (TPSA) is 46.2 Å². The first-order valence-electron chi connectivity index (χ1n) is 5.90. The van der Waals surface area contributed by atoms with Crippen LogP contribution in [-0.4, -0.2) is 18.7 Å². The Kier molecular flexibility index (Phi) is 3.85. The Morgan fingerprint density at radius 3 is 2.06 bits per heavy atom. The normalized spacial score (nSPS) is 21.7. The van der Waals surface area contributed by atoms with Crippen LogP contribution in [0.5, 0.6) is 0 Å². The SMILES string of the molecule is C=CC1(NS(=O)(=O)C(C)(C)C)CCCCC1. The maximum atomic E-state index is 12.1. The van der Waals surface area contributed by atoms with E-state index >= 15 is 0 Å². The van der Waals surface area contributed by atoms with Crippen molar-refractivity contribution in [3.05, 3.63) is 12.7 Å². The highest BCUT2D eigenvalue weighted by Crippen LogP contribution is 2.31. The minimum Gasteiger partial charge on any atom is -0.212 e. The second-order valence-corrected chi connectivity index (χ2v) is 8.07. The van der Waals surface area contributed by atoms with Crippen molar-refractivity contribution in [3.8, 4) is 0 Å². The molecule has 0 spiro atoms. The summed E-state index contributed by atoms with van der Waals surface area (Å²) >= 11 is 0. The van der Waals surface area contributed by atoms with Crippen molar-refractivity contribution in [3.63, 3.8) is 0 Å². The highest BCUT2D eigenvalue weighted by Gasteiger charge is 2.38. The predicted octanol–water partition coefficient (Wildman–Crippen LogP) is 2.59. The highest BCUT2D eigenvalue weighted by molar-refractivity contribution is 7.90. The summed E-state index contributed by atoms with van der Waals surface area (Å²) in [6.45, 7) is 8.95. The summed E-state index contributed by atoms with van der Waals surface area (Å²) in [6.07, 6.45) is 6.83. The van der Waals surface area contributed by atoms with Crippen LogP contribution in [0.2, 0.25) is 0 Å². The number of sulfonamides is 1. The van der Waals surface area contributed by atoms with E-state index in [0.29, 0.717) is 0 Å². The molecule has 1 saturated carbocycles. The molecule has 0 atom stereocenters. The van der Waals surface area contributed by atoms with E-state index in [0.717, 1.165) is 25.7 Å². The molecule has 0 radical (unpaired) electrons. The molecule has 1 rings (SSSR count). The quantitative estimate of drug-likeness (QED) is 0.777. The van der Waals surface area contributed by atoms with Crippen LogP contribution in [0.1, 0.15) is 52.9 Å². The second-order valence-electron chi connectivity index (χ2n) is 5.64. The fourth-order valence-corrected chi connectivity index (χ4v) is 3.08. The summed E-state index contributed by atoms with van der Waals surface area (Å²) in [4.78, 5) is 0. The minimum atomic E-state index is -3.29. The van der Waals surface area contributed by atoms with E-state index in [1.165, 1.54) is 6.42 Å². The van der Waals surface area contributed by atoms with Gasteiger partial charge in [0.2, 0.25) is 10.0 Å². The van der Waals surface area contributed by atoms with Crippen molar-refractivity contribution >= 4 is 10.0 Å². The molecule has 0 unspecified atom stereocenters. The van der Waals surface area contributed by atoms with E-state index in [9.17, 15) is 8.42 Å². The van der Waals surface area contributed by atoms with Crippen LogP contribution in [0.4, 0.5) is 0 Å². The zero-order valence-electron chi connectivity index (χ0n) is 10.5. The summed E-state index contributed by atoms with van der Waals surface area (Å²) in [5.41, 5.74) is -0.412. The van der Waals surface area contributed by atoms with Gasteiger partial charge in [-0.05, 0) is 33.6 Å². The van der Waals surface area contributed by atoms with Crippen LogP contribution in [0.25, 0.3) is 0 Å². The minimum absolute atomic E-state index is 0.412. The molecular weight excluding hydrogens is 222 g/mol. The van der Waals surface area contributed by atoms with Crippen molar-refractivity contribution in [1.82, 2.24) is 4.72 Å². The third-order valence-electron chi connectivity index (χ3n) is 3.28. The lowest BCUT2D eigenvalue weighted by molar-refractivity contribution is 0.327. The molecular formula is C12H23NO2S. The first-order chi connectivity index (χ1) is 7.22. The lowest BCUT2D eigenvalue weighted by Crippen LogP contribution is -2.53. The average molecular weight is 245 g/mol. The number of hydrogen-bond donors (Lipinski definition) is 1. The highest BCUT2D eigenvalue weighted by atomic mass is 32.2. The van der Waals surface area contributed by atoms with Crippen molar-refractivity contribution in [2.24, 2.45) is 0 Å². The number of hydrogen-bond acceptors (Lipinski definition) is 2. The van der Waals surface area contributed by atoms with Gasteiger partial charge in [-0.2, -0.15) is 0 Å². The molecule has 0 heterocycles. The summed E-state index contributed by atoms with van der Waals surface area (Å²) < 4.78 is 26.3. The summed E-state index contributed by atoms with van der Waals surface area (Å²) in [5.74, 6) is 0. The molecule has 16 heavy (non-hydrogen) atoms. The van der Waals surface area contributed by atoms with Gasteiger partial charge in [0.25, 0.3) is 0 Å². The first-order valence-corrected chi connectivity index (χ1v) is 7.38. The maximum Gasteiger partial charge on any atom is 0.217 e. The zero-order valence-corrected chi connectivity index (χ0v) is 11.4. The third-order valence-corrected chi connectivity index (χ3v) is 5.57. The smallest absolute Gasteiger partial charge is 0.212 e. The van der Waals surface area contributed by atoms with Gasteiger partial charge in [-0.3, -0.25) is 0 Å². The lowest BCUT2D eigenvalue weighted by Gasteiger charge is -2.37. The number of nitrogens with one attached hydrogen (secondary N) is 1. The third kappa shape index (κ3) is 2.86. The Bertz CT molecular complexity index is 346. The van der Waals surface area contributed by atoms with Gasteiger partial charge in [0.15, 0.2) is 0 Å². The fourth-order valence-electron chi connectivity index (χ4n) is 1.95. The Balaban J connectivity index is 2.89. The Morgan fingerprint density at radius 2 is 1.69 bits per heavy atom. The van der Waals surface area contributed by atoms with E-state index in [2.05, 4.69) is 11.3 Å². The molecule has 0 aliphatic heterocycles. The largest absolute Gasteiger partial charge is 0.217 e. The van der Waals surface area contributed by atoms with Gasteiger partial charge in [0, 0.05) is 0 Å². The van der Waals surface area contributed by atoms with Gasteiger partial charge in [-0.1, -0.05) is 25.3 Å². The second kappa shape index (κ2) is 4.49. The van der Waals surface area contributed by atoms with E-state index in [1.54, 1.807) is 26.8 Å². The van der Waals surface area contributed by atoms with Crippen LogP contribution in [0.15, 0.2) is 12.7 Å². The molecule has 0 saturated heterocycles. The predicted molar refractivity (Wildman–Crippen MR) is 67.8 cm³/mol. The fraction of sp³-hybridized carbons (Fsp3) is 0.833. The van der Waals surface area contributed by atoms with Crippen LogP contribution < -0.4 is 4.72 Å². The van der Waals surface area contributed by atoms with Crippen molar-refractivity contribution < 1.29 is 8.42 Å². The van der Waals surface area contributed by atoms with E-state index in [-0.39, 0.29) is 0 Å². The van der Waals surface area contributed by atoms with Gasteiger partial charge in [-0.15, -0.1) is 6.58 Å². The Morgan fingerprint density at radius 1 is 1.19 bits per heavy atom. The summed E-state index contributed by atoms with van der Waals surface area (Å²) in [7, 11) is -3.29. The lowest BCUT2D eigenvalue weighted by atomic mass is 9.83. The average Bonchev–Trinajstić information content (AvgIpc) is 2.17. The van der Waals surface area contributed by atoms with Crippen LogP contribution in [-0.2, 0) is 10.0 Å². The molecule has 1 N–H and O–H groups in total. The molecule has 1 fully saturated rings. The molecule has 0 aromatic carbocycles. The summed E-state index contributed by atoms with van der Waals surface area (Å²) in [5, 5.41) is 0. The standard InChI is InChI=1S/C12H23NO2S/c1-5-12(9-7-6-8-10-12)13-16(14,15)11(2,3)4/h5,13H,1,6-10H2,2-4H3. The molecule has 0 bridgehead atoms. The van der Waals surface area contributed by atoms with Gasteiger partial charge in [0.1, 0.15) is 0 Å². The van der Waals surface area contributed by atoms with E-state index < -0.39 is 20.3 Å². The zero-order chi connectivity index (χ0) is 12.4. The Hall–Kier alpha value is -0.350. The number of rotatable bonds is 3. The van der Waals surface area contributed by atoms with E-state index in [4.69, 9.17) is 0 Å². The molecule has 0 amide bonds. The molecule has 0 aromatic heterocycles. The van der Waals surface area contributed by atoms with Crippen molar-refractivity contribution in [2.75, 3.05) is 0 Å². The maximum absolute atomic E-state index is 12.1. The molecule has 0 aromatic rings. The van der Waals surface area contributed by atoms with Crippen LogP contribution >= 0.6 is 0 Å². The van der Waals surface area contributed by atoms with Gasteiger partial charge < -0.3 is 0 Å². The Labute approximate surface area is 99.4 Å². The van der Waals surface area contributed by atoms with Crippen molar-refractivity contribution in [2.45, 2.75) is 63.2 Å². The monoisotopic (exact) mass is 245 g/mol. The molecule has 94 valence electrons. The molecule has 4 heteroatoms. The molecule has 1 aliphatic rings. The molecule has 3 nitrogen and oxygen atoms in total.